The molecule has 17 heavy (non-hydrogen) atoms. The van der Waals surface area contributed by atoms with Gasteiger partial charge >= 0.3 is 5.97 Å². The van der Waals surface area contributed by atoms with Crippen LogP contribution in [-0.2, 0) is 4.79 Å². The van der Waals surface area contributed by atoms with Gasteiger partial charge in [0.15, 0.2) is 0 Å². The third-order valence-corrected chi connectivity index (χ3v) is 3.33. The maximum atomic E-state index is 11.3. The van der Waals surface area contributed by atoms with Gasteiger partial charge in [-0.3, -0.25) is 4.79 Å². The number of aryl methyl sites for hydroxylation is 1. The average Bonchev–Trinajstić information content (AvgIpc) is 2.29. The Morgan fingerprint density at radius 1 is 1.53 bits per heavy atom. The molecule has 1 aliphatic rings. The monoisotopic (exact) mass is 235 g/mol. The first-order valence-electron chi connectivity index (χ1n) is 5.78. The third-order valence-electron chi connectivity index (χ3n) is 3.33. The van der Waals surface area contributed by atoms with Crippen LogP contribution in [0.15, 0.2) is 12.4 Å². The number of hydrogen-bond donors (Lipinski definition) is 1. The molecule has 2 rings (SSSR count). The van der Waals surface area contributed by atoms with Crippen LogP contribution in [0, 0.1) is 12.3 Å². The predicted octanol–water partition coefficient (Wildman–Crippen LogP) is 1.48. The summed E-state index contributed by atoms with van der Waals surface area (Å²) in [6, 6.07) is 1.90. The number of carbonyl (C=O) groups is 1. The van der Waals surface area contributed by atoms with Crippen molar-refractivity contribution in [3.8, 4) is 0 Å². The van der Waals surface area contributed by atoms with E-state index in [1.165, 1.54) is 6.33 Å². The highest BCUT2D eigenvalue weighted by Gasteiger charge is 2.38. The molecule has 0 spiro atoms. The molecule has 0 aromatic carbocycles. The van der Waals surface area contributed by atoms with Gasteiger partial charge in [-0.15, -0.1) is 0 Å². The van der Waals surface area contributed by atoms with E-state index in [1.54, 1.807) is 6.92 Å². The molecular formula is C12H17N3O2. The van der Waals surface area contributed by atoms with E-state index in [9.17, 15) is 9.90 Å². The van der Waals surface area contributed by atoms with Crippen molar-refractivity contribution >= 4 is 11.8 Å². The minimum Gasteiger partial charge on any atom is -0.481 e. The van der Waals surface area contributed by atoms with Crippen molar-refractivity contribution in [3.63, 3.8) is 0 Å². The summed E-state index contributed by atoms with van der Waals surface area (Å²) in [5, 5.41) is 9.26. The molecule has 1 atom stereocenters. The Bertz CT molecular complexity index is 436. The van der Waals surface area contributed by atoms with Crippen LogP contribution in [0.25, 0.3) is 0 Å². The normalized spacial score (nSPS) is 24.7. The van der Waals surface area contributed by atoms with E-state index in [1.807, 2.05) is 17.9 Å². The largest absolute Gasteiger partial charge is 0.481 e. The predicted molar refractivity (Wildman–Crippen MR) is 64.0 cm³/mol. The van der Waals surface area contributed by atoms with Gasteiger partial charge in [-0.05, 0) is 26.7 Å². The number of aliphatic carboxylic acids is 1. The van der Waals surface area contributed by atoms with Gasteiger partial charge in [0.2, 0.25) is 0 Å². The second-order valence-corrected chi connectivity index (χ2v) is 4.91. The number of carboxylic acid groups (broad SMARTS) is 1. The van der Waals surface area contributed by atoms with Crippen molar-refractivity contribution in [1.29, 1.82) is 0 Å². The minimum absolute atomic E-state index is 0.513. The Balaban J connectivity index is 2.20. The molecule has 1 aromatic rings. The molecule has 0 amide bonds. The molecule has 92 valence electrons. The van der Waals surface area contributed by atoms with Crippen LogP contribution in [0.2, 0.25) is 0 Å². The fraction of sp³-hybridized carbons (Fsp3) is 0.583. The minimum atomic E-state index is -0.729. The van der Waals surface area contributed by atoms with Crippen molar-refractivity contribution in [2.75, 3.05) is 18.0 Å². The number of carboxylic acids is 1. The van der Waals surface area contributed by atoms with E-state index in [4.69, 9.17) is 0 Å². The van der Waals surface area contributed by atoms with Gasteiger partial charge in [0.05, 0.1) is 5.41 Å². The van der Waals surface area contributed by atoms with E-state index < -0.39 is 11.4 Å². The zero-order chi connectivity index (χ0) is 12.5. The lowest BCUT2D eigenvalue weighted by Crippen LogP contribution is -2.46. The zero-order valence-corrected chi connectivity index (χ0v) is 10.2. The highest BCUT2D eigenvalue weighted by molar-refractivity contribution is 5.75. The maximum Gasteiger partial charge on any atom is 0.311 e. The first kappa shape index (κ1) is 11.8. The van der Waals surface area contributed by atoms with Crippen molar-refractivity contribution in [2.24, 2.45) is 5.41 Å². The van der Waals surface area contributed by atoms with E-state index in [2.05, 4.69) is 9.97 Å². The van der Waals surface area contributed by atoms with E-state index in [-0.39, 0.29) is 0 Å². The Morgan fingerprint density at radius 3 is 2.94 bits per heavy atom. The molecule has 5 nitrogen and oxygen atoms in total. The lowest BCUT2D eigenvalue weighted by Gasteiger charge is -2.38. The third kappa shape index (κ3) is 2.38. The number of piperidine rings is 1. The number of rotatable bonds is 2. The van der Waals surface area contributed by atoms with Crippen LogP contribution in [-0.4, -0.2) is 34.1 Å². The van der Waals surface area contributed by atoms with Crippen LogP contribution in [0.4, 0.5) is 5.82 Å². The molecular weight excluding hydrogens is 218 g/mol. The van der Waals surface area contributed by atoms with E-state index in [0.717, 1.165) is 30.9 Å². The van der Waals surface area contributed by atoms with E-state index >= 15 is 0 Å². The lowest BCUT2D eigenvalue weighted by molar-refractivity contribution is -0.148. The Hall–Kier alpha value is -1.65. The lowest BCUT2D eigenvalue weighted by atomic mass is 9.82. The fourth-order valence-electron chi connectivity index (χ4n) is 2.22. The number of hydrogen-bond acceptors (Lipinski definition) is 4. The SMILES string of the molecule is Cc1cc(N2CCCC(C)(C(=O)O)C2)ncn1. The standard InChI is InChI=1S/C12H17N3O2/c1-9-6-10(14-8-13-9)15-5-3-4-12(2,7-15)11(16)17/h6,8H,3-5,7H2,1-2H3,(H,16,17). The van der Waals surface area contributed by atoms with Gasteiger partial charge in [0.1, 0.15) is 12.1 Å². The van der Waals surface area contributed by atoms with Gasteiger partial charge in [0, 0.05) is 24.8 Å². The molecule has 0 bridgehead atoms. The van der Waals surface area contributed by atoms with Crippen molar-refractivity contribution in [2.45, 2.75) is 26.7 Å². The molecule has 0 saturated carbocycles. The van der Waals surface area contributed by atoms with Gasteiger partial charge in [-0.2, -0.15) is 0 Å². The molecule has 1 aromatic heterocycles. The molecule has 5 heteroatoms. The van der Waals surface area contributed by atoms with E-state index in [0.29, 0.717) is 6.54 Å². The summed E-state index contributed by atoms with van der Waals surface area (Å²) in [6.45, 7) is 5.08. The highest BCUT2D eigenvalue weighted by Crippen LogP contribution is 2.31. The quantitative estimate of drug-likeness (QED) is 0.841. The van der Waals surface area contributed by atoms with Crippen molar-refractivity contribution in [1.82, 2.24) is 9.97 Å². The summed E-state index contributed by atoms with van der Waals surface area (Å²) < 4.78 is 0. The van der Waals surface area contributed by atoms with Crippen LogP contribution < -0.4 is 4.90 Å². The number of nitrogens with zero attached hydrogens (tertiary/aromatic N) is 3. The Morgan fingerprint density at radius 2 is 2.29 bits per heavy atom. The van der Waals surface area contributed by atoms with Gasteiger partial charge in [0.25, 0.3) is 0 Å². The molecule has 1 unspecified atom stereocenters. The summed E-state index contributed by atoms with van der Waals surface area (Å²) in [7, 11) is 0. The molecule has 2 heterocycles. The van der Waals surface area contributed by atoms with Crippen LogP contribution in [0.5, 0.6) is 0 Å². The molecule has 1 fully saturated rings. The molecule has 0 radical (unpaired) electrons. The first-order valence-corrected chi connectivity index (χ1v) is 5.78. The molecule has 1 N–H and O–H groups in total. The second-order valence-electron chi connectivity index (χ2n) is 4.91. The van der Waals surface area contributed by atoms with Crippen LogP contribution in [0.1, 0.15) is 25.5 Å². The van der Waals surface area contributed by atoms with Gasteiger partial charge < -0.3 is 10.0 Å². The Kier molecular flexibility index (Phi) is 3.00. The van der Waals surface area contributed by atoms with Gasteiger partial charge in [-0.1, -0.05) is 0 Å². The van der Waals surface area contributed by atoms with Gasteiger partial charge in [-0.25, -0.2) is 9.97 Å². The molecule has 0 aliphatic carbocycles. The zero-order valence-electron chi connectivity index (χ0n) is 10.2. The number of aromatic nitrogens is 2. The maximum absolute atomic E-state index is 11.3. The van der Waals surface area contributed by atoms with Crippen LogP contribution in [0.3, 0.4) is 0 Å². The highest BCUT2D eigenvalue weighted by atomic mass is 16.4. The summed E-state index contributed by atoms with van der Waals surface area (Å²) in [6.07, 6.45) is 3.13. The number of anilines is 1. The average molecular weight is 235 g/mol. The molecule has 1 saturated heterocycles. The Labute approximate surface area is 100 Å². The fourth-order valence-corrected chi connectivity index (χ4v) is 2.22. The van der Waals surface area contributed by atoms with Crippen LogP contribution >= 0.6 is 0 Å². The van der Waals surface area contributed by atoms with Crippen molar-refractivity contribution < 1.29 is 9.90 Å². The smallest absolute Gasteiger partial charge is 0.311 e. The summed E-state index contributed by atoms with van der Waals surface area (Å²) in [5.74, 6) is 0.0950. The topological polar surface area (TPSA) is 66.3 Å². The second kappa shape index (κ2) is 4.31. The summed E-state index contributed by atoms with van der Waals surface area (Å²) in [5.41, 5.74) is 0.231. The van der Waals surface area contributed by atoms with Crippen molar-refractivity contribution in [3.05, 3.63) is 18.1 Å². The summed E-state index contributed by atoms with van der Waals surface area (Å²) in [4.78, 5) is 21.6. The summed E-state index contributed by atoms with van der Waals surface area (Å²) >= 11 is 0. The molecule has 1 aliphatic heterocycles. The first-order chi connectivity index (χ1) is 8.01.